The van der Waals surface area contributed by atoms with Crippen molar-refractivity contribution < 1.29 is 14.3 Å². The van der Waals surface area contributed by atoms with Crippen molar-refractivity contribution >= 4 is 29.3 Å². The highest BCUT2D eigenvalue weighted by atomic mass is 32.2. The zero-order valence-corrected chi connectivity index (χ0v) is 17.2. The van der Waals surface area contributed by atoms with Crippen molar-refractivity contribution in [1.82, 2.24) is 4.98 Å². The van der Waals surface area contributed by atoms with Crippen molar-refractivity contribution in [3.05, 3.63) is 47.2 Å². The molecular weight excluding hydrogens is 386 g/mol. The molecule has 1 aliphatic carbocycles. The van der Waals surface area contributed by atoms with E-state index in [9.17, 15) is 14.9 Å². The number of imide groups is 1. The van der Waals surface area contributed by atoms with Gasteiger partial charge in [0.25, 0.3) is 0 Å². The molecule has 1 aromatic heterocycles. The fraction of sp³-hybridized carbons (Fsp3) is 0.364. The van der Waals surface area contributed by atoms with Crippen LogP contribution in [0.2, 0.25) is 0 Å². The maximum atomic E-state index is 12.9. The molecule has 1 fully saturated rings. The highest BCUT2D eigenvalue weighted by Crippen LogP contribution is 2.36. The van der Waals surface area contributed by atoms with Gasteiger partial charge in [0.15, 0.2) is 0 Å². The molecular formula is C22H21N3O3S. The minimum absolute atomic E-state index is 0.0934. The second-order valence-electron chi connectivity index (χ2n) is 7.48. The minimum atomic E-state index is -0.579. The SMILES string of the molecule is COc1ccc(N2C(=O)C[C@H](Sc3nc4c(cc3C#N)C[C@@H](C)CC4)C2=O)cc1. The van der Waals surface area contributed by atoms with Gasteiger partial charge in [-0.05, 0) is 61.1 Å². The summed E-state index contributed by atoms with van der Waals surface area (Å²) >= 11 is 1.22. The van der Waals surface area contributed by atoms with E-state index in [2.05, 4.69) is 13.0 Å². The third-order valence-corrected chi connectivity index (χ3v) is 6.60. The lowest BCUT2D eigenvalue weighted by Crippen LogP contribution is -2.31. The minimum Gasteiger partial charge on any atom is -0.497 e. The normalized spacial score (nSPS) is 21.1. The molecule has 0 spiro atoms. The van der Waals surface area contributed by atoms with E-state index in [0.29, 0.717) is 27.9 Å². The molecule has 0 N–H and O–H groups in total. The third-order valence-electron chi connectivity index (χ3n) is 5.41. The number of benzene rings is 1. The van der Waals surface area contributed by atoms with Crippen LogP contribution in [-0.4, -0.2) is 29.2 Å². The van der Waals surface area contributed by atoms with Crippen LogP contribution in [0.5, 0.6) is 5.75 Å². The molecule has 0 unspecified atom stereocenters. The highest BCUT2D eigenvalue weighted by Gasteiger charge is 2.41. The Bertz CT molecular complexity index is 1010. The molecule has 4 rings (SSSR count). The molecule has 7 heteroatoms. The lowest BCUT2D eigenvalue weighted by Gasteiger charge is -2.22. The summed E-state index contributed by atoms with van der Waals surface area (Å²) in [5.74, 6) is 0.719. The zero-order valence-electron chi connectivity index (χ0n) is 16.3. The number of fused-ring (bicyclic) bond motifs is 1. The molecule has 1 aromatic carbocycles. The van der Waals surface area contributed by atoms with Crippen LogP contribution in [0.3, 0.4) is 0 Å². The Morgan fingerprint density at radius 3 is 2.69 bits per heavy atom. The number of carbonyl (C=O) groups excluding carboxylic acids is 2. The Morgan fingerprint density at radius 2 is 2.00 bits per heavy atom. The lowest BCUT2D eigenvalue weighted by atomic mass is 9.87. The first-order chi connectivity index (χ1) is 14.0. The molecule has 148 valence electrons. The molecule has 29 heavy (non-hydrogen) atoms. The lowest BCUT2D eigenvalue weighted by molar-refractivity contribution is -0.121. The van der Waals surface area contributed by atoms with Gasteiger partial charge in [0.05, 0.1) is 23.6 Å². The Morgan fingerprint density at radius 1 is 1.24 bits per heavy atom. The second kappa shape index (κ2) is 7.88. The van der Waals surface area contributed by atoms with Crippen LogP contribution in [0, 0.1) is 17.2 Å². The molecule has 6 nitrogen and oxygen atoms in total. The van der Waals surface area contributed by atoms with E-state index in [0.717, 1.165) is 30.5 Å². The largest absolute Gasteiger partial charge is 0.497 e. The molecule has 1 saturated heterocycles. The maximum absolute atomic E-state index is 12.9. The third kappa shape index (κ3) is 3.73. The number of rotatable bonds is 4. The van der Waals surface area contributed by atoms with Gasteiger partial charge in [0.2, 0.25) is 11.8 Å². The number of nitriles is 1. The standard InChI is InChI=1S/C22H21N3O3S/c1-13-3-8-18-14(9-13)10-15(12-23)21(24-18)29-19-11-20(26)25(22(19)27)16-4-6-17(28-2)7-5-16/h4-7,10,13,19H,3,8-9,11H2,1-2H3/t13-,19-/m0/s1. The fourth-order valence-electron chi connectivity index (χ4n) is 3.83. The predicted octanol–water partition coefficient (Wildman–Crippen LogP) is 3.51. The first kappa shape index (κ1) is 19.5. The van der Waals surface area contributed by atoms with E-state index in [1.54, 1.807) is 31.4 Å². The fourth-order valence-corrected chi connectivity index (χ4v) is 4.93. The first-order valence-electron chi connectivity index (χ1n) is 9.60. The number of anilines is 1. The van der Waals surface area contributed by atoms with Crippen LogP contribution in [0.1, 0.15) is 36.6 Å². The maximum Gasteiger partial charge on any atom is 0.247 e. The number of hydrogen-bond acceptors (Lipinski definition) is 6. The van der Waals surface area contributed by atoms with E-state index in [1.165, 1.54) is 16.7 Å². The van der Waals surface area contributed by atoms with Gasteiger partial charge in [-0.1, -0.05) is 18.7 Å². The predicted molar refractivity (Wildman–Crippen MR) is 110 cm³/mol. The van der Waals surface area contributed by atoms with Crippen molar-refractivity contribution in [2.75, 3.05) is 12.0 Å². The number of aryl methyl sites for hydroxylation is 1. The number of thioether (sulfide) groups is 1. The van der Waals surface area contributed by atoms with Crippen LogP contribution in [-0.2, 0) is 22.4 Å². The van der Waals surface area contributed by atoms with Crippen LogP contribution in [0.25, 0.3) is 0 Å². The summed E-state index contributed by atoms with van der Waals surface area (Å²) in [5.41, 5.74) is 3.13. The number of pyridine rings is 1. The van der Waals surface area contributed by atoms with E-state index in [1.807, 2.05) is 6.07 Å². The summed E-state index contributed by atoms with van der Waals surface area (Å²) in [5, 5.41) is 9.55. The summed E-state index contributed by atoms with van der Waals surface area (Å²) < 4.78 is 5.13. The molecule has 0 saturated carbocycles. The van der Waals surface area contributed by atoms with E-state index < -0.39 is 5.25 Å². The monoisotopic (exact) mass is 407 g/mol. The van der Waals surface area contributed by atoms with Gasteiger partial charge >= 0.3 is 0 Å². The summed E-state index contributed by atoms with van der Waals surface area (Å²) in [6.07, 6.45) is 2.97. The molecule has 2 atom stereocenters. The number of methoxy groups -OCH3 is 1. The summed E-state index contributed by atoms with van der Waals surface area (Å²) in [4.78, 5) is 31.4. The van der Waals surface area contributed by atoms with Crippen molar-refractivity contribution in [2.24, 2.45) is 5.92 Å². The number of hydrogen-bond donors (Lipinski definition) is 0. The van der Waals surface area contributed by atoms with Gasteiger partial charge in [0.1, 0.15) is 16.8 Å². The van der Waals surface area contributed by atoms with Crippen molar-refractivity contribution in [1.29, 1.82) is 5.26 Å². The number of carbonyl (C=O) groups is 2. The Hall–Kier alpha value is -2.85. The van der Waals surface area contributed by atoms with E-state index in [4.69, 9.17) is 9.72 Å². The Labute approximate surface area is 173 Å². The summed E-state index contributed by atoms with van der Waals surface area (Å²) in [6.45, 7) is 2.20. The van der Waals surface area contributed by atoms with Crippen LogP contribution < -0.4 is 9.64 Å². The average molecular weight is 407 g/mol. The van der Waals surface area contributed by atoms with Gasteiger partial charge < -0.3 is 4.74 Å². The van der Waals surface area contributed by atoms with Crippen LogP contribution >= 0.6 is 11.8 Å². The molecule has 0 bridgehead atoms. The molecule has 2 aliphatic rings. The van der Waals surface area contributed by atoms with Crippen molar-refractivity contribution in [3.8, 4) is 11.8 Å². The van der Waals surface area contributed by atoms with Crippen molar-refractivity contribution in [2.45, 2.75) is 42.9 Å². The smallest absolute Gasteiger partial charge is 0.247 e. The van der Waals surface area contributed by atoms with Gasteiger partial charge in [-0.15, -0.1) is 0 Å². The molecule has 2 aromatic rings. The van der Waals surface area contributed by atoms with Crippen LogP contribution in [0.4, 0.5) is 5.69 Å². The molecule has 2 amide bonds. The number of ether oxygens (including phenoxy) is 1. The van der Waals surface area contributed by atoms with Gasteiger partial charge in [-0.2, -0.15) is 5.26 Å². The molecule has 0 radical (unpaired) electrons. The Kier molecular flexibility index (Phi) is 5.29. The Balaban J connectivity index is 1.58. The number of aromatic nitrogens is 1. The quantitative estimate of drug-likeness (QED) is 0.721. The number of amides is 2. The first-order valence-corrected chi connectivity index (χ1v) is 10.5. The van der Waals surface area contributed by atoms with E-state index >= 15 is 0 Å². The topological polar surface area (TPSA) is 83.3 Å². The zero-order chi connectivity index (χ0) is 20.5. The van der Waals surface area contributed by atoms with Crippen molar-refractivity contribution in [3.63, 3.8) is 0 Å². The molecule has 2 heterocycles. The summed E-state index contributed by atoms with van der Waals surface area (Å²) in [6, 6.07) is 10.9. The van der Waals surface area contributed by atoms with Crippen LogP contribution in [0.15, 0.2) is 35.4 Å². The van der Waals surface area contributed by atoms with Gasteiger partial charge in [0, 0.05) is 12.1 Å². The second-order valence-corrected chi connectivity index (χ2v) is 8.67. The summed E-state index contributed by atoms with van der Waals surface area (Å²) in [7, 11) is 1.56. The average Bonchev–Trinajstić information content (AvgIpc) is 3.00. The molecule has 1 aliphatic heterocycles. The van der Waals surface area contributed by atoms with Gasteiger partial charge in [-0.3, -0.25) is 9.59 Å². The highest BCUT2D eigenvalue weighted by molar-refractivity contribution is 8.00. The van der Waals surface area contributed by atoms with Gasteiger partial charge in [-0.25, -0.2) is 9.88 Å². The number of nitrogens with zero attached hydrogens (tertiary/aromatic N) is 3. The van der Waals surface area contributed by atoms with E-state index in [-0.39, 0.29) is 18.2 Å².